The van der Waals surface area contributed by atoms with Crippen molar-refractivity contribution in [1.82, 2.24) is 9.97 Å². The topological polar surface area (TPSA) is 49.8 Å². The van der Waals surface area contributed by atoms with E-state index in [0.29, 0.717) is 5.95 Å². The number of nitrogens with one attached hydrogen (secondary N) is 2. The highest BCUT2D eigenvalue weighted by atomic mass is 32.1. The maximum Gasteiger partial charge on any atom is 0.225 e. The van der Waals surface area contributed by atoms with Crippen LogP contribution in [0.5, 0.6) is 0 Å². The predicted molar refractivity (Wildman–Crippen MR) is 90.8 cm³/mol. The van der Waals surface area contributed by atoms with E-state index in [-0.39, 0.29) is 0 Å². The van der Waals surface area contributed by atoms with E-state index in [1.807, 2.05) is 7.05 Å². The molecule has 0 aliphatic rings. The van der Waals surface area contributed by atoms with Crippen LogP contribution in [0.15, 0.2) is 30.3 Å². The third-order valence-electron chi connectivity index (χ3n) is 3.36. The highest BCUT2D eigenvalue weighted by molar-refractivity contribution is 7.18. The minimum absolute atomic E-state index is 0.636. The number of hydrogen-bond acceptors (Lipinski definition) is 5. The predicted octanol–water partition coefficient (Wildman–Crippen LogP) is 4.35. The van der Waals surface area contributed by atoms with Crippen molar-refractivity contribution in [2.24, 2.45) is 0 Å². The standard InChI is InChI=1S/C16H18N4S/c1-4-11-5-7-12(8-6-11)18-14-13-9-10(2)21-15(13)20-16(17-3)19-14/h5-9H,4H2,1-3H3,(H2,17,18,19,20). The van der Waals surface area contributed by atoms with E-state index in [0.717, 1.165) is 28.1 Å². The molecule has 0 aliphatic carbocycles. The SMILES string of the molecule is CCc1ccc(Nc2nc(NC)nc3sc(C)cc23)cc1. The third-order valence-corrected chi connectivity index (χ3v) is 4.31. The average Bonchev–Trinajstić information content (AvgIpc) is 2.88. The number of aromatic nitrogens is 2. The van der Waals surface area contributed by atoms with Crippen LogP contribution in [0.1, 0.15) is 17.4 Å². The Morgan fingerprint density at radius 3 is 2.57 bits per heavy atom. The van der Waals surface area contributed by atoms with Gasteiger partial charge in [0.2, 0.25) is 5.95 Å². The monoisotopic (exact) mass is 298 g/mol. The fourth-order valence-electron chi connectivity index (χ4n) is 2.21. The quantitative estimate of drug-likeness (QED) is 0.752. The van der Waals surface area contributed by atoms with Crippen molar-refractivity contribution < 1.29 is 0 Å². The molecular weight excluding hydrogens is 280 g/mol. The lowest BCUT2D eigenvalue weighted by Gasteiger charge is -2.09. The second-order valence-corrected chi connectivity index (χ2v) is 6.13. The van der Waals surface area contributed by atoms with Crippen LogP contribution in [-0.2, 0) is 6.42 Å². The first-order valence-corrected chi connectivity index (χ1v) is 7.83. The van der Waals surface area contributed by atoms with E-state index in [2.05, 4.69) is 64.8 Å². The molecule has 4 nitrogen and oxygen atoms in total. The van der Waals surface area contributed by atoms with Gasteiger partial charge in [0.1, 0.15) is 10.6 Å². The summed E-state index contributed by atoms with van der Waals surface area (Å²) in [6.07, 6.45) is 1.05. The molecule has 0 aliphatic heterocycles. The second-order valence-electron chi connectivity index (χ2n) is 4.90. The van der Waals surface area contributed by atoms with E-state index in [4.69, 9.17) is 0 Å². The number of thiophene rings is 1. The van der Waals surface area contributed by atoms with Gasteiger partial charge < -0.3 is 10.6 Å². The van der Waals surface area contributed by atoms with Gasteiger partial charge in [-0.2, -0.15) is 4.98 Å². The molecule has 0 fully saturated rings. The van der Waals surface area contributed by atoms with Gasteiger partial charge in [-0.3, -0.25) is 0 Å². The fraction of sp³-hybridized carbons (Fsp3) is 0.250. The highest BCUT2D eigenvalue weighted by Gasteiger charge is 2.10. The Labute approximate surface area is 128 Å². The van der Waals surface area contributed by atoms with E-state index in [9.17, 15) is 0 Å². The number of nitrogens with zero attached hydrogens (tertiary/aromatic N) is 2. The van der Waals surface area contributed by atoms with Gasteiger partial charge in [0.15, 0.2) is 0 Å². The van der Waals surface area contributed by atoms with Gasteiger partial charge in [0.05, 0.1) is 5.39 Å². The molecule has 0 spiro atoms. The fourth-order valence-corrected chi connectivity index (χ4v) is 3.09. The minimum atomic E-state index is 0.636. The van der Waals surface area contributed by atoms with E-state index in [1.54, 1.807) is 11.3 Å². The highest BCUT2D eigenvalue weighted by Crippen LogP contribution is 2.31. The summed E-state index contributed by atoms with van der Waals surface area (Å²) in [5.74, 6) is 1.48. The number of fused-ring (bicyclic) bond motifs is 1. The van der Waals surface area contributed by atoms with E-state index in [1.165, 1.54) is 10.4 Å². The maximum absolute atomic E-state index is 4.54. The van der Waals surface area contributed by atoms with Crippen LogP contribution in [0.25, 0.3) is 10.2 Å². The molecule has 0 unspecified atom stereocenters. The Balaban J connectivity index is 2.01. The van der Waals surface area contributed by atoms with Crippen molar-refractivity contribution in [1.29, 1.82) is 0 Å². The number of aryl methyl sites for hydroxylation is 2. The van der Waals surface area contributed by atoms with Gasteiger partial charge in [-0.15, -0.1) is 11.3 Å². The summed E-state index contributed by atoms with van der Waals surface area (Å²) in [5.41, 5.74) is 2.37. The lowest BCUT2D eigenvalue weighted by molar-refractivity contribution is 1.14. The van der Waals surface area contributed by atoms with Crippen LogP contribution >= 0.6 is 11.3 Å². The molecule has 0 amide bonds. The zero-order valence-electron chi connectivity index (χ0n) is 12.4. The molecule has 108 valence electrons. The molecule has 0 bridgehead atoms. The van der Waals surface area contributed by atoms with Crippen molar-refractivity contribution in [2.45, 2.75) is 20.3 Å². The van der Waals surface area contributed by atoms with Crippen LogP contribution in [0.3, 0.4) is 0 Å². The van der Waals surface area contributed by atoms with E-state index < -0.39 is 0 Å². The molecule has 0 radical (unpaired) electrons. The Bertz CT molecular complexity index is 762. The maximum atomic E-state index is 4.54. The summed E-state index contributed by atoms with van der Waals surface area (Å²) < 4.78 is 0. The Kier molecular flexibility index (Phi) is 3.75. The van der Waals surface area contributed by atoms with Crippen LogP contribution in [0, 0.1) is 6.92 Å². The first-order valence-electron chi connectivity index (χ1n) is 7.01. The van der Waals surface area contributed by atoms with Crippen molar-refractivity contribution in [2.75, 3.05) is 17.7 Å². The molecule has 2 N–H and O–H groups in total. The minimum Gasteiger partial charge on any atom is -0.357 e. The molecule has 0 atom stereocenters. The molecule has 3 aromatic rings. The van der Waals surface area contributed by atoms with Crippen LogP contribution in [0.4, 0.5) is 17.5 Å². The normalized spacial score (nSPS) is 10.8. The van der Waals surface area contributed by atoms with Crippen molar-refractivity contribution >= 4 is 39.0 Å². The van der Waals surface area contributed by atoms with Gasteiger partial charge in [0.25, 0.3) is 0 Å². The molecule has 3 rings (SSSR count). The molecule has 1 aromatic carbocycles. The summed E-state index contributed by atoms with van der Waals surface area (Å²) >= 11 is 1.68. The van der Waals surface area contributed by atoms with Gasteiger partial charge in [-0.1, -0.05) is 19.1 Å². The zero-order chi connectivity index (χ0) is 14.8. The smallest absolute Gasteiger partial charge is 0.225 e. The van der Waals surface area contributed by atoms with Gasteiger partial charge in [-0.25, -0.2) is 4.98 Å². The largest absolute Gasteiger partial charge is 0.357 e. The Morgan fingerprint density at radius 2 is 1.90 bits per heavy atom. The average molecular weight is 298 g/mol. The number of anilines is 3. The van der Waals surface area contributed by atoms with Crippen LogP contribution in [0.2, 0.25) is 0 Å². The Hall–Kier alpha value is -2.14. The van der Waals surface area contributed by atoms with Crippen LogP contribution in [-0.4, -0.2) is 17.0 Å². The summed E-state index contributed by atoms with van der Waals surface area (Å²) in [7, 11) is 1.83. The summed E-state index contributed by atoms with van der Waals surface area (Å²) in [6, 6.07) is 10.6. The molecule has 2 aromatic heterocycles. The summed E-state index contributed by atoms with van der Waals surface area (Å²) in [4.78, 5) is 11.3. The van der Waals surface area contributed by atoms with Gasteiger partial charge >= 0.3 is 0 Å². The first-order chi connectivity index (χ1) is 10.2. The van der Waals surface area contributed by atoms with Crippen LogP contribution < -0.4 is 10.6 Å². The van der Waals surface area contributed by atoms with Gasteiger partial charge in [0, 0.05) is 17.6 Å². The summed E-state index contributed by atoms with van der Waals surface area (Å²) in [6.45, 7) is 4.24. The van der Waals surface area contributed by atoms with Crippen molar-refractivity contribution in [3.63, 3.8) is 0 Å². The number of rotatable bonds is 4. The van der Waals surface area contributed by atoms with Crippen molar-refractivity contribution in [3.05, 3.63) is 40.8 Å². The Morgan fingerprint density at radius 1 is 1.14 bits per heavy atom. The zero-order valence-corrected chi connectivity index (χ0v) is 13.2. The second kappa shape index (κ2) is 5.69. The molecule has 0 saturated carbocycles. The van der Waals surface area contributed by atoms with Crippen molar-refractivity contribution in [3.8, 4) is 0 Å². The first kappa shape index (κ1) is 13.8. The van der Waals surface area contributed by atoms with E-state index >= 15 is 0 Å². The van der Waals surface area contributed by atoms with Gasteiger partial charge in [-0.05, 0) is 37.1 Å². The molecule has 21 heavy (non-hydrogen) atoms. The lowest BCUT2D eigenvalue weighted by Crippen LogP contribution is -2.00. The molecule has 0 saturated heterocycles. The lowest BCUT2D eigenvalue weighted by atomic mass is 10.1. The molecule has 2 heterocycles. The molecule has 5 heteroatoms. The summed E-state index contributed by atoms with van der Waals surface area (Å²) in [5, 5.41) is 7.48. The molecular formula is C16H18N4S. The number of hydrogen-bond donors (Lipinski definition) is 2. The third kappa shape index (κ3) is 2.83. The number of benzene rings is 1.